The van der Waals surface area contributed by atoms with Gasteiger partial charge >= 0.3 is 0 Å². The van der Waals surface area contributed by atoms with Gasteiger partial charge in [0.15, 0.2) is 0 Å². The highest BCUT2D eigenvalue weighted by Crippen LogP contribution is 2.37. The molecule has 1 saturated carbocycles. The van der Waals surface area contributed by atoms with Gasteiger partial charge in [0.2, 0.25) is 0 Å². The molecule has 0 bridgehead atoms. The number of imidazole rings is 1. The fourth-order valence-corrected chi connectivity index (χ4v) is 3.11. The third-order valence-corrected chi connectivity index (χ3v) is 4.72. The van der Waals surface area contributed by atoms with Crippen molar-refractivity contribution < 1.29 is 0 Å². The maximum atomic E-state index is 6.12. The average Bonchev–Trinajstić information content (AvgIpc) is 2.94. The third kappa shape index (κ3) is 1.93. The zero-order valence-corrected chi connectivity index (χ0v) is 11.1. The molecule has 2 N–H and O–H groups in total. The van der Waals surface area contributed by atoms with Gasteiger partial charge in [-0.25, -0.2) is 4.98 Å². The minimum absolute atomic E-state index is 0.142. The first-order valence-electron chi connectivity index (χ1n) is 6.21. The molecule has 3 nitrogen and oxygen atoms in total. The Morgan fingerprint density at radius 3 is 2.88 bits per heavy atom. The first-order valence-corrected chi connectivity index (χ1v) is 7.00. The van der Waals surface area contributed by atoms with E-state index in [1.807, 2.05) is 0 Å². The highest BCUT2D eigenvalue weighted by molar-refractivity contribution is 9.10. The van der Waals surface area contributed by atoms with E-state index in [-0.39, 0.29) is 5.54 Å². The lowest BCUT2D eigenvalue weighted by molar-refractivity contribution is 0.516. The second-order valence-corrected chi connectivity index (χ2v) is 5.99. The number of nitrogens with zero attached hydrogens (tertiary/aromatic N) is 2. The number of hydrogen-bond acceptors (Lipinski definition) is 2. The lowest BCUT2D eigenvalue weighted by Crippen LogP contribution is -2.22. The molecule has 2 heterocycles. The number of hydrogen-bond donors (Lipinski definition) is 1. The van der Waals surface area contributed by atoms with E-state index in [1.165, 1.54) is 41.8 Å². The van der Waals surface area contributed by atoms with Crippen molar-refractivity contribution in [1.82, 2.24) is 9.55 Å². The summed E-state index contributed by atoms with van der Waals surface area (Å²) in [6.45, 7) is 1.12. The van der Waals surface area contributed by atoms with Crippen molar-refractivity contribution in [3.05, 3.63) is 16.1 Å². The van der Waals surface area contributed by atoms with E-state index in [4.69, 9.17) is 10.7 Å². The number of nitrogens with two attached hydrogens (primary N) is 1. The first kappa shape index (κ1) is 10.8. The van der Waals surface area contributed by atoms with Gasteiger partial charge in [0.05, 0.1) is 5.69 Å². The Labute approximate surface area is 105 Å². The second kappa shape index (κ2) is 3.84. The molecular formula is C12H18BrN3. The molecule has 0 atom stereocenters. The van der Waals surface area contributed by atoms with Crippen LogP contribution in [0.1, 0.15) is 43.6 Å². The van der Waals surface area contributed by atoms with Crippen molar-refractivity contribution in [3.8, 4) is 0 Å². The number of halogens is 1. The molecule has 0 saturated heterocycles. The van der Waals surface area contributed by atoms with Crippen molar-refractivity contribution >= 4 is 15.9 Å². The Hall–Kier alpha value is -0.350. The summed E-state index contributed by atoms with van der Waals surface area (Å²) < 4.78 is 3.53. The van der Waals surface area contributed by atoms with Crippen molar-refractivity contribution in [2.24, 2.45) is 5.73 Å². The Morgan fingerprint density at radius 2 is 2.19 bits per heavy atom. The second-order valence-electron chi connectivity index (χ2n) is 5.24. The van der Waals surface area contributed by atoms with Crippen LogP contribution in [0.2, 0.25) is 0 Å². The first-order chi connectivity index (χ1) is 7.68. The molecule has 0 amide bonds. The summed E-state index contributed by atoms with van der Waals surface area (Å²) in [4.78, 5) is 4.74. The van der Waals surface area contributed by atoms with Gasteiger partial charge in [-0.2, -0.15) is 0 Å². The van der Waals surface area contributed by atoms with Gasteiger partial charge in [-0.1, -0.05) is 0 Å². The van der Waals surface area contributed by atoms with Crippen LogP contribution < -0.4 is 5.73 Å². The van der Waals surface area contributed by atoms with E-state index in [0.717, 1.165) is 25.8 Å². The Kier molecular flexibility index (Phi) is 2.59. The van der Waals surface area contributed by atoms with Crippen LogP contribution in [0.5, 0.6) is 0 Å². The van der Waals surface area contributed by atoms with E-state index in [1.54, 1.807) is 0 Å². The highest BCUT2D eigenvalue weighted by Gasteiger charge is 2.37. The summed E-state index contributed by atoms with van der Waals surface area (Å²) in [5.74, 6) is 1.26. The van der Waals surface area contributed by atoms with Crippen molar-refractivity contribution in [2.45, 2.75) is 57.0 Å². The van der Waals surface area contributed by atoms with Crippen LogP contribution in [-0.4, -0.2) is 15.1 Å². The summed E-state index contributed by atoms with van der Waals surface area (Å²) in [6.07, 6.45) is 8.19. The predicted octanol–water partition coefficient (Wildman–Crippen LogP) is 2.41. The summed E-state index contributed by atoms with van der Waals surface area (Å²) in [5.41, 5.74) is 7.48. The van der Waals surface area contributed by atoms with E-state index < -0.39 is 0 Å². The van der Waals surface area contributed by atoms with Crippen molar-refractivity contribution in [3.63, 3.8) is 0 Å². The van der Waals surface area contributed by atoms with E-state index in [0.29, 0.717) is 0 Å². The molecule has 2 aliphatic rings. The van der Waals surface area contributed by atoms with Gasteiger partial charge in [-0.3, -0.25) is 0 Å². The van der Waals surface area contributed by atoms with Crippen molar-refractivity contribution in [1.29, 1.82) is 0 Å². The quantitative estimate of drug-likeness (QED) is 0.926. The van der Waals surface area contributed by atoms with Gasteiger partial charge in [0.25, 0.3) is 0 Å². The van der Waals surface area contributed by atoms with Gasteiger partial charge in [0, 0.05) is 18.5 Å². The van der Waals surface area contributed by atoms with Gasteiger partial charge < -0.3 is 10.3 Å². The maximum absolute atomic E-state index is 6.12. The SMILES string of the molecule is NC1(CCc2nc3n(c2Br)CCCC3)CC1. The maximum Gasteiger partial charge on any atom is 0.109 e. The molecule has 1 aromatic heterocycles. The molecule has 0 aromatic carbocycles. The van der Waals surface area contributed by atoms with Crippen LogP contribution >= 0.6 is 15.9 Å². The van der Waals surface area contributed by atoms with Crippen LogP contribution in [0, 0.1) is 0 Å². The lowest BCUT2D eigenvalue weighted by Gasteiger charge is -2.13. The molecule has 1 fully saturated rings. The third-order valence-electron chi connectivity index (χ3n) is 3.83. The molecule has 0 spiro atoms. The van der Waals surface area contributed by atoms with Gasteiger partial charge in [0.1, 0.15) is 10.4 Å². The van der Waals surface area contributed by atoms with Crippen LogP contribution in [-0.2, 0) is 19.4 Å². The van der Waals surface area contributed by atoms with Crippen LogP contribution in [0.3, 0.4) is 0 Å². The zero-order chi connectivity index (χ0) is 11.2. The summed E-state index contributed by atoms with van der Waals surface area (Å²) in [5, 5.41) is 0. The fourth-order valence-electron chi connectivity index (χ4n) is 2.44. The normalized spacial score (nSPS) is 21.9. The van der Waals surface area contributed by atoms with E-state index in [9.17, 15) is 0 Å². The Balaban J connectivity index is 1.76. The average molecular weight is 284 g/mol. The number of aryl methyl sites for hydroxylation is 2. The van der Waals surface area contributed by atoms with Gasteiger partial charge in [-0.05, 0) is 54.5 Å². The monoisotopic (exact) mass is 283 g/mol. The molecule has 0 radical (unpaired) electrons. The van der Waals surface area contributed by atoms with Gasteiger partial charge in [-0.15, -0.1) is 0 Å². The Bertz CT molecular complexity index is 407. The highest BCUT2D eigenvalue weighted by atomic mass is 79.9. The van der Waals surface area contributed by atoms with Crippen molar-refractivity contribution in [2.75, 3.05) is 0 Å². The number of aromatic nitrogens is 2. The van der Waals surface area contributed by atoms with E-state index in [2.05, 4.69) is 20.5 Å². The lowest BCUT2D eigenvalue weighted by atomic mass is 10.1. The molecule has 0 unspecified atom stereocenters. The molecule has 3 rings (SSSR count). The molecule has 4 heteroatoms. The zero-order valence-electron chi connectivity index (χ0n) is 9.51. The minimum atomic E-state index is 0.142. The predicted molar refractivity (Wildman–Crippen MR) is 67.3 cm³/mol. The summed E-state index contributed by atoms with van der Waals surface area (Å²) >= 11 is 3.68. The topological polar surface area (TPSA) is 43.8 Å². The smallest absolute Gasteiger partial charge is 0.109 e. The van der Waals surface area contributed by atoms with E-state index >= 15 is 0 Å². The molecule has 1 aromatic rings. The summed E-state index contributed by atoms with van der Waals surface area (Å²) in [7, 11) is 0. The molecule has 88 valence electrons. The Morgan fingerprint density at radius 1 is 1.38 bits per heavy atom. The molecule has 16 heavy (non-hydrogen) atoms. The number of rotatable bonds is 3. The van der Waals surface area contributed by atoms with Crippen LogP contribution in [0.4, 0.5) is 0 Å². The van der Waals surface area contributed by atoms with Crippen LogP contribution in [0.15, 0.2) is 4.60 Å². The minimum Gasteiger partial charge on any atom is -0.325 e. The molecule has 1 aliphatic heterocycles. The molecule has 1 aliphatic carbocycles. The largest absolute Gasteiger partial charge is 0.325 e. The van der Waals surface area contributed by atoms with Crippen LogP contribution in [0.25, 0.3) is 0 Å². The molecular weight excluding hydrogens is 266 g/mol. The fraction of sp³-hybridized carbons (Fsp3) is 0.750. The number of fused-ring (bicyclic) bond motifs is 1. The summed E-state index contributed by atoms with van der Waals surface area (Å²) in [6, 6.07) is 0. The standard InChI is InChI=1S/C12H18BrN3/c13-11-9(4-5-12(14)6-7-12)15-10-3-1-2-8-16(10)11/h1-8,14H2.